The standard InChI is InChI=1S/C16H16O2.2C15H14O3.C14H14O3/c1-11-8-15(18-16(17)9-11)7-6-14-5-4-12(2)13(3)10-14;1-10-7-13(18-15(17)8-10)5-3-12-4-6-14(16)11(2)9-12;1-10-7-13(18-15(17)8-10)6-5-12-4-3-11(2)14(16)9-12;1-10-9-13(15)17-12(14(10)16)8-7-11-5-3-2-4-6-11/h4-10H,1-3H3;2*3-9,16H,1-2H3;2-9,12,14,16H,1H3/b7-6+;5-3+;6-5+;8-7+. The lowest BCUT2D eigenvalue weighted by atomic mass is 10.0. The van der Waals surface area contributed by atoms with Gasteiger partial charge in [0.1, 0.15) is 34.9 Å². The van der Waals surface area contributed by atoms with Crippen LogP contribution in [0.1, 0.15) is 85.4 Å². The van der Waals surface area contributed by atoms with E-state index in [4.69, 9.17) is 18.0 Å². The lowest BCUT2D eigenvalue weighted by Crippen LogP contribution is -2.34. The lowest BCUT2D eigenvalue weighted by Gasteiger charge is -2.24. The fourth-order valence-electron chi connectivity index (χ4n) is 6.72. The topological polar surface area (TPSA) is 178 Å². The highest BCUT2D eigenvalue weighted by atomic mass is 16.6. The Balaban J connectivity index is 0.000000176. The molecule has 3 N–H and O–H groups in total. The number of aliphatic hydroxyl groups is 1. The molecular weight excluding hydrogens is 897 g/mol. The molecule has 4 heterocycles. The molecule has 7 aromatic rings. The number of aliphatic hydroxyl groups excluding tert-OH is 1. The van der Waals surface area contributed by atoms with Gasteiger partial charge in [-0.05, 0) is 183 Å². The van der Waals surface area contributed by atoms with Crippen LogP contribution in [0.3, 0.4) is 0 Å². The van der Waals surface area contributed by atoms with Crippen molar-refractivity contribution < 1.29 is 38.1 Å². The van der Waals surface area contributed by atoms with E-state index in [9.17, 15) is 34.5 Å². The third-order valence-electron chi connectivity index (χ3n) is 10.8. The minimum Gasteiger partial charge on any atom is -0.508 e. The molecule has 0 bridgehead atoms. The van der Waals surface area contributed by atoms with Gasteiger partial charge < -0.3 is 33.3 Å². The SMILES string of the molecule is CC1=CC(=O)OC(/C=C/c2ccccc2)C1O.Cc1cc(/C=C/c2ccc(C)c(C)c2)oc(=O)c1.Cc1cc(/C=C/c2ccc(C)c(O)c2)oc(=O)c1.Cc1cc(/C=C/c2ccc(O)c(C)c2)oc(=O)c1. The van der Waals surface area contributed by atoms with Crippen LogP contribution in [0.5, 0.6) is 11.5 Å². The molecule has 11 nitrogen and oxygen atoms in total. The first-order chi connectivity index (χ1) is 33.8. The van der Waals surface area contributed by atoms with Gasteiger partial charge in [-0.3, -0.25) is 0 Å². The molecule has 0 spiro atoms. The Kier molecular flexibility index (Phi) is 19.4. The van der Waals surface area contributed by atoms with Gasteiger partial charge in [0, 0.05) is 24.3 Å². The monoisotopic (exact) mass is 954 g/mol. The number of ether oxygens (including phenoxy) is 1. The molecule has 1 aliphatic rings. The molecule has 0 fully saturated rings. The molecule has 0 saturated heterocycles. The molecule has 3 aromatic heterocycles. The van der Waals surface area contributed by atoms with Crippen LogP contribution >= 0.6 is 0 Å². The van der Waals surface area contributed by atoms with Crippen molar-refractivity contribution in [2.45, 2.75) is 67.6 Å². The van der Waals surface area contributed by atoms with Crippen LogP contribution < -0.4 is 16.9 Å². The van der Waals surface area contributed by atoms with Crippen LogP contribution in [-0.4, -0.2) is 33.5 Å². The van der Waals surface area contributed by atoms with E-state index in [2.05, 4.69) is 26.0 Å². The van der Waals surface area contributed by atoms with Gasteiger partial charge in [0.15, 0.2) is 6.10 Å². The molecule has 0 saturated carbocycles. The van der Waals surface area contributed by atoms with Crippen molar-refractivity contribution in [1.82, 2.24) is 0 Å². The Morgan fingerprint density at radius 2 is 0.873 bits per heavy atom. The number of benzene rings is 4. The van der Waals surface area contributed by atoms with E-state index in [1.165, 1.54) is 35.4 Å². The Hall–Kier alpha value is -8.54. The molecule has 2 unspecified atom stereocenters. The van der Waals surface area contributed by atoms with Crippen LogP contribution in [0.15, 0.2) is 167 Å². The summed E-state index contributed by atoms with van der Waals surface area (Å²) in [4.78, 5) is 44.8. The number of aromatic hydroxyl groups is 2. The average Bonchev–Trinajstić information content (AvgIpc) is 3.31. The third kappa shape index (κ3) is 17.8. The number of hydrogen-bond donors (Lipinski definition) is 3. The fourth-order valence-corrected chi connectivity index (χ4v) is 6.72. The summed E-state index contributed by atoms with van der Waals surface area (Å²) < 4.78 is 20.2. The van der Waals surface area contributed by atoms with Gasteiger partial charge in [-0.25, -0.2) is 19.2 Å². The summed E-state index contributed by atoms with van der Waals surface area (Å²) in [5.41, 5.74) is 10.3. The van der Waals surface area contributed by atoms with Crippen LogP contribution in [0.25, 0.3) is 42.5 Å². The molecule has 1 aliphatic heterocycles. The molecule has 0 amide bonds. The maximum absolute atomic E-state index is 11.2. The van der Waals surface area contributed by atoms with E-state index < -0.39 is 18.2 Å². The van der Waals surface area contributed by atoms with Crippen LogP contribution in [0.2, 0.25) is 0 Å². The summed E-state index contributed by atoms with van der Waals surface area (Å²) in [7, 11) is 0. The van der Waals surface area contributed by atoms with Crippen molar-refractivity contribution in [3.63, 3.8) is 0 Å². The van der Waals surface area contributed by atoms with Crippen LogP contribution in [0.4, 0.5) is 0 Å². The molecule has 4 aromatic carbocycles. The third-order valence-corrected chi connectivity index (χ3v) is 10.8. The van der Waals surface area contributed by atoms with E-state index in [-0.39, 0.29) is 28.4 Å². The zero-order chi connectivity index (χ0) is 51.6. The maximum Gasteiger partial charge on any atom is 0.336 e. The Morgan fingerprint density at radius 3 is 1.32 bits per heavy atom. The number of esters is 1. The predicted octanol–water partition coefficient (Wildman–Crippen LogP) is 11.9. The van der Waals surface area contributed by atoms with E-state index in [0.29, 0.717) is 22.9 Å². The molecule has 71 heavy (non-hydrogen) atoms. The average molecular weight is 955 g/mol. The number of rotatable bonds is 8. The Bertz CT molecular complexity index is 3010. The fraction of sp³-hybridized carbons (Fsp3) is 0.167. The maximum atomic E-state index is 11.2. The highest BCUT2D eigenvalue weighted by molar-refractivity contribution is 5.84. The molecular formula is C60H58O11. The van der Waals surface area contributed by atoms with Crippen molar-refractivity contribution in [2.75, 3.05) is 0 Å². The first kappa shape index (κ1) is 53.4. The zero-order valence-electron chi connectivity index (χ0n) is 41.0. The number of phenols is 2. The first-order valence-corrected chi connectivity index (χ1v) is 22.7. The van der Waals surface area contributed by atoms with Crippen LogP contribution in [0, 0.1) is 48.5 Å². The summed E-state index contributed by atoms with van der Waals surface area (Å²) in [6.45, 7) is 15.1. The van der Waals surface area contributed by atoms with E-state index in [1.54, 1.807) is 61.6 Å². The number of phenolic OH excluding ortho intramolecular Hbond substituents is 2. The highest BCUT2D eigenvalue weighted by Crippen LogP contribution is 2.21. The van der Waals surface area contributed by atoms with Crippen LogP contribution in [-0.2, 0) is 9.53 Å². The quantitative estimate of drug-likeness (QED) is 0.124. The minimum absolute atomic E-state index is 0.253. The second-order valence-electron chi connectivity index (χ2n) is 17.0. The van der Waals surface area contributed by atoms with Gasteiger partial charge in [-0.15, -0.1) is 0 Å². The van der Waals surface area contributed by atoms with Crippen molar-refractivity contribution in [3.05, 3.63) is 249 Å². The number of carbonyl (C=O) groups is 1. The highest BCUT2D eigenvalue weighted by Gasteiger charge is 2.26. The number of cyclic esters (lactones) is 1. The molecule has 2 atom stereocenters. The number of carbonyl (C=O) groups excluding carboxylic acids is 1. The summed E-state index contributed by atoms with van der Waals surface area (Å²) in [6, 6.07) is 36.4. The molecule has 0 radical (unpaired) electrons. The van der Waals surface area contributed by atoms with Crippen molar-refractivity contribution >= 4 is 48.5 Å². The van der Waals surface area contributed by atoms with Gasteiger partial charge in [-0.2, -0.15) is 0 Å². The van der Waals surface area contributed by atoms with E-state index in [0.717, 1.165) is 50.1 Å². The zero-order valence-corrected chi connectivity index (χ0v) is 41.0. The summed E-state index contributed by atoms with van der Waals surface area (Å²) in [5, 5.41) is 28.8. The summed E-state index contributed by atoms with van der Waals surface area (Å²) in [6.07, 6.45) is 14.3. The largest absolute Gasteiger partial charge is 0.508 e. The normalized spacial score (nSPS) is 14.3. The van der Waals surface area contributed by atoms with Gasteiger partial charge >= 0.3 is 22.8 Å². The second kappa shape index (κ2) is 25.7. The van der Waals surface area contributed by atoms with Gasteiger partial charge in [0.2, 0.25) is 0 Å². The second-order valence-corrected chi connectivity index (χ2v) is 17.0. The van der Waals surface area contributed by atoms with Crippen molar-refractivity contribution in [3.8, 4) is 11.5 Å². The molecule has 8 rings (SSSR count). The van der Waals surface area contributed by atoms with E-state index >= 15 is 0 Å². The Labute approximate surface area is 413 Å². The number of hydrogen-bond acceptors (Lipinski definition) is 11. The summed E-state index contributed by atoms with van der Waals surface area (Å²) in [5.74, 6) is 1.72. The first-order valence-electron chi connectivity index (χ1n) is 22.7. The predicted molar refractivity (Wildman–Crippen MR) is 283 cm³/mol. The Morgan fingerprint density at radius 1 is 0.423 bits per heavy atom. The van der Waals surface area contributed by atoms with Crippen molar-refractivity contribution in [1.29, 1.82) is 0 Å². The molecule has 0 aliphatic carbocycles. The minimum atomic E-state index is -0.757. The van der Waals surface area contributed by atoms with Crippen molar-refractivity contribution in [2.24, 2.45) is 0 Å². The number of aryl methyl sites for hydroxylation is 7. The lowest BCUT2D eigenvalue weighted by molar-refractivity contribution is -0.146. The van der Waals surface area contributed by atoms with Gasteiger partial charge in [-0.1, -0.05) is 91.0 Å². The summed E-state index contributed by atoms with van der Waals surface area (Å²) >= 11 is 0. The smallest absolute Gasteiger partial charge is 0.336 e. The molecule has 11 heteroatoms. The van der Waals surface area contributed by atoms with E-state index in [1.807, 2.05) is 120 Å². The van der Waals surface area contributed by atoms with Gasteiger partial charge in [0.25, 0.3) is 0 Å². The molecule has 364 valence electrons. The van der Waals surface area contributed by atoms with Gasteiger partial charge in [0.05, 0.1) is 0 Å².